The first-order chi connectivity index (χ1) is 9.65. The van der Waals surface area contributed by atoms with Crippen LogP contribution in [-0.4, -0.2) is 44.4 Å². The predicted octanol–water partition coefficient (Wildman–Crippen LogP) is -0.896. The van der Waals surface area contributed by atoms with Crippen LogP contribution in [0.25, 0.3) is 0 Å². The molecule has 1 aromatic rings. The average molecular weight is 285 g/mol. The van der Waals surface area contributed by atoms with Crippen LogP contribution in [0.4, 0.5) is 5.69 Å². The van der Waals surface area contributed by atoms with E-state index in [4.69, 9.17) is 9.47 Å². The second-order valence-corrected chi connectivity index (χ2v) is 4.41. The lowest BCUT2D eigenvalue weighted by atomic mass is 10.2. The van der Waals surface area contributed by atoms with Gasteiger partial charge in [-0.25, -0.2) is 0 Å². The molecule has 0 saturated carbocycles. The Hall–Kier alpha value is -1.70. The van der Waals surface area contributed by atoms with E-state index in [0.29, 0.717) is 19.8 Å². The number of nitro groups is 1. The smallest absolute Gasteiger partial charge is 0.311 e. The first kappa shape index (κ1) is 16.4. The van der Waals surface area contributed by atoms with Crippen molar-refractivity contribution >= 4 is 5.69 Å². The highest BCUT2D eigenvalue weighted by molar-refractivity contribution is 5.48. The summed E-state index contributed by atoms with van der Waals surface area (Å²) in [6, 6.07) is 4.91. The van der Waals surface area contributed by atoms with Gasteiger partial charge in [-0.05, 0) is 18.6 Å². The van der Waals surface area contributed by atoms with Crippen LogP contribution in [0.5, 0.6) is 5.75 Å². The second-order valence-electron chi connectivity index (χ2n) is 4.41. The van der Waals surface area contributed by atoms with Gasteiger partial charge in [0.25, 0.3) is 0 Å². The minimum Gasteiger partial charge on any atom is -0.484 e. The Kier molecular flexibility index (Phi) is 7.56. The summed E-state index contributed by atoms with van der Waals surface area (Å²) >= 11 is 0. The molecule has 0 saturated heterocycles. The molecular weight excluding hydrogens is 262 g/mol. The molecule has 0 radical (unpaired) electrons. The Morgan fingerprint density at radius 1 is 1.30 bits per heavy atom. The van der Waals surface area contributed by atoms with Gasteiger partial charge in [0.2, 0.25) is 0 Å². The molecule has 0 aliphatic heterocycles. The fourth-order valence-corrected chi connectivity index (χ4v) is 1.66. The number of quaternary nitrogens is 2. The maximum absolute atomic E-state index is 10.9. The molecule has 20 heavy (non-hydrogen) atoms. The summed E-state index contributed by atoms with van der Waals surface area (Å²) in [6.07, 6.45) is 0. The van der Waals surface area contributed by atoms with Crippen LogP contribution < -0.4 is 15.8 Å². The van der Waals surface area contributed by atoms with Crippen molar-refractivity contribution < 1.29 is 25.4 Å². The summed E-state index contributed by atoms with van der Waals surface area (Å²) in [5.74, 6) is 0.285. The van der Waals surface area contributed by atoms with Gasteiger partial charge >= 0.3 is 5.69 Å². The van der Waals surface area contributed by atoms with Gasteiger partial charge in [-0.15, -0.1) is 0 Å². The Bertz CT molecular complexity index is 426. The van der Waals surface area contributed by atoms with Gasteiger partial charge in [0.1, 0.15) is 19.7 Å². The highest BCUT2D eigenvalue weighted by Crippen LogP contribution is 2.27. The molecule has 0 aliphatic rings. The number of rotatable bonds is 10. The third-order valence-electron chi connectivity index (χ3n) is 2.67. The number of ether oxygens (including phenoxy) is 2. The van der Waals surface area contributed by atoms with Crippen LogP contribution in [0.1, 0.15) is 5.56 Å². The summed E-state index contributed by atoms with van der Waals surface area (Å²) in [7, 11) is 0. The predicted molar refractivity (Wildman–Crippen MR) is 73.6 cm³/mol. The van der Waals surface area contributed by atoms with E-state index in [-0.39, 0.29) is 11.4 Å². The van der Waals surface area contributed by atoms with E-state index in [9.17, 15) is 10.1 Å². The SMILES string of the molecule is Cc1ccc(OCCOCC[NH2+]CC[NH3+])c([N+](=O)[O-])c1. The second kappa shape index (κ2) is 9.24. The van der Waals surface area contributed by atoms with E-state index in [1.807, 2.05) is 6.92 Å². The molecule has 0 fully saturated rings. The van der Waals surface area contributed by atoms with Crippen molar-refractivity contribution in [1.29, 1.82) is 0 Å². The lowest BCUT2D eigenvalue weighted by Gasteiger charge is -2.07. The maximum Gasteiger partial charge on any atom is 0.311 e. The molecular formula is C13H23N3O4+2. The van der Waals surface area contributed by atoms with E-state index < -0.39 is 4.92 Å². The first-order valence-corrected chi connectivity index (χ1v) is 6.71. The lowest BCUT2D eigenvalue weighted by Crippen LogP contribution is -2.88. The van der Waals surface area contributed by atoms with Crippen molar-refractivity contribution in [3.63, 3.8) is 0 Å². The van der Waals surface area contributed by atoms with Crippen LogP contribution >= 0.6 is 0 Å². The minimum atomic E-state index is -0.434. The number of aryl methyl sites for hydroxylation is 1. The fraction of sp³-hybridized carbons (Fsp3) is 0.538. The Morgan fingerprint density at radius 2 is 2.10 bits per heavy atom. The quantitative estimate of drug-likeness (QED) is 0.330. The molecule has 1 rings (SSSR count). The molecule has 0 heterocycles. The van der Waals surface area contributed by atoms with Crippen LogP contribution in [0.2, 0.25) is 0 Å². The number of benzene rings is 1. The molecule has 0 unspecified atom stereocenters. The average Bonchev–Trinajstić information content (AvgIpc) is 2.43. The normalized spacial score (nSPS) is 10.5. The third-order valence-corrected chi connectivity index (χ3v) is 2.67. The number of nitrogens with two attached hydrogens (primary N) is 1. The first-order valence-electron chi connectivity index (χ1n) is 6.71. The van der Waals surface area contributed by atoms with Gasteiger partial charge in [0.15, 0.2) is 5.75 Å². The van der Waals surface area contributed by atoms with Crippen molar-refractivity contribution in [2.24, 2.45) is 0 Å². The minimum absolute atomic E-state index is 0.00576. The monoisotopic (exact) mass is 285 g/mol. The molecule has 0 aliphatic carbocycles. The molecule has 0 spiro atoms. The molecule has 0 amide bonds. The lowest BCUT2D eigenvalue weighted by molar-refractivity contribution is -0.671. The largest absolute Gasteiger partial charge is 0.484 e. The van der Waals surface area contributed by atoms with Crippen molar-refractivity contribution in [3.05, 3.63) is 33.9 Å². The van der Waals surface area contributed by atoms with Crippen LogP contribution in [0, 0.1) is 17.0 Å². The van der Waals surface area contributed by atoms with Crippen molar-refractivity contribution in [1.82, 2.24) is 0 Å². The third kappa shape index (κ3) is 5.96. The van der Waals surface area contributed by atoms with Gasteiger partial charge in [0.05, 0.1) is 24.7 Å². The fourth-order valence-electron chi connectivity index (χ4n) is 1.66. The molecule has 1 aromatic carbocycles. The highest BCUT2D eigenvalue weighted by Gasteiger charge is 2.14. The van der Waals surface area contributed by atoms with Crippen LogP contribution in [0.15, 0.2) is 18.2 Å². The number of nitro benzene ring substituents is 1. The topological polar surface area (TPSA) is 106 Å². The molecule has 0 atom stereocenters. The zero-order valence-electron chi connectivity index (χ0n) is 11.8. The van der Waals surface area contributed by atoms with Crippen LogP contribution in [0.3, 0.4) is 0 Å². The van der Waals surface area contributed by atoms with Gasteiger partial charge in [-0.3, -0.25) is 10.1 Å². The number of hydrogen-bond donors (Lipinski definition) is 2. The molecule has 5 N–H and O–H groups in total. The summed E-state index contributed by atoms with van der Waals surface area (Å²) in [5.41, 5.74) is 4.58. The summed E-state index contributed by atoms with van der Waals surface area (Å²) in [4.78, 5) is 10.5. The van der Waals surface area contributed by atoms with Crippen molar-refractivity contribution in [2.75, 3.05) is 39.5 Å². The van der Waals surface area contributed by atoms with E-state index in [2.05, 4.69) is 11.1 Å². The standard InChI is InChI=1S/C13H21N3O4/c1-11-2-3-13(12(10-11)16(17)18)20-9-8-19-7-6-15-5-4-14/h2-3,10,15H,4-9,14H2,1H3/p+2. The molecule has 7 nitrogen and oxygen atoms in total. The maximum atomic E-state index is 10.9. The van der Waals surface area contributed by atoms with E-state index in [0.717, 1.165) is 25.2 Å². The van der Waals surface area contributed by atoms with Crippen LogP contribution in [-0.2, 0) is 4.74 Å². The van der Waals surface area contributed by atoms with Crippen molar-refractivity contribution in [3.8, 4) is 5.75 Å². The summed E-state index contributed by atoms with van der Waals surface area (Å²) < 4.78 is 10.8. The number of hydrogen-bond acceptors (Lipinski definition) is 4. The van der Waals surface area contributed by atoms with E-state index in [1.54, 1.807) is 12.1 Å². The van der Waals surface area contributed by atoms with Gasteiger partial charge < -0.3 is 20.5 Å². The zero-order chi connectivity index (χ0) is 14.8. The van der Waals surface area contributed by atoms with Gasteiger partial charge in [-0.2, -0.15) is 0 Å². The van der Waals surface area contributed by atoms with E-state index >= 15 is 0 Å². The number of nitrogens with zero attached hydrogens (tertiary/aromatic N) is 1. The molecule has 0 aromatic heterocycles. The highest BCUT2D eigenvalue weighted by atomic mass is 16.6. The Balaban J connectivity index is 2.27. The van der Waals surface area contributed by atoms with Gasteiger partial charge in [0, 0.05) is 6.07 Å². The Morgan fingerprint density at radius 3 is 2.80 bits per heavy atom. The van der Waals surface area contributed by atoms with Crippen molar-refractivity contribution in [2.45, 2.75) is 6.92 Å². The van der Waals surface area contributed by atoms with Gasteiger partial charge in [-0.1, -0.05) is 6.07 Å². The summed E-state index contributed by atoms with van der Waals surface area (Å²) in [6.45, 7) is 5.96. The van der Waals surface area contributed by atoms with E-state index in [1.165, 1.54) is 6.07 Å². The molecule has 7 heteroatoms. The molecule has 112 valence electrons. The Labute approximate surface area is 118 Å². The zero-order valence-corrected chi connectivity index (χ0v) is 11.8. The molecule has 0 bridgehead atoms. The summed E-state index contributed by atoms with van der Waals surface area (Å²) in [5, 5.41) is 13.0.